The second-order valence-corrected chi connectivity index (χ2v) is 5.35. The largest absolute Gasteiger partial charge is 0.507 e. The number of anilines is 1. The molecule has 0 aliphatic heterocycles. The van der Waals surface area contributed by atoms with Crippen molar-refractivity contribution < 1.29 is 19.4 Å². The molecular weight excluding hydrogens is 385 g/mol. The smallest absolute Gasteiger partial charge is 0.255 e. The summed E-state index contributed by atoms with van der Waals surface area (Å²) in [5, 5.41) is 12.4. The Bertz CT molecular complexity index is 673. The van der Waals surface area contributed by atoms with Crippen molar-refractivity contribution in [3.63, 3.8) is 0 Å². The highest BCUT2D eigenvalue weighted by Crippen LogP contribution is 2.29. The molecule has 0 aliphatic carbocycles. The zero-order valence-electron chi connectivity index (χ0n) is 11.5. The fourth-order valence-corrected chi connectivity index (χ4v) is 2.10. The van der Waals surface area contributed by atoms with E-state index >= 15 is 0 Å². The van der Waals surface area contributed by atoms with E-state index in [1.165, 1.54) is 13.2 Å². The normalized spacial score (nSPS) is 10.0. The van der Waals surface area contributed by atoms with Gasteiger partial charge in [-0.15, -0.1) is 0 Å². The number of aromatic hydroxyl groups is 1. The molecule has 1 amide bonds. The lowest BCUT2D eigenvalue weighted by molar-refractivity contribution is 0.102. The molecule has 0 fully saturated rings. The molecule has 0 saturated carbocycles. The number of ether oxygens (including phenoxy) is 2. The Kier molecular flexibility index (Phi) is 4.89. The number of carbonyl (C=O) groups excluding carboxylic acids is 1. The summed E-state index contributed by atoms with van der Waals surface area (Å²) in [5.74, 6) is 0.865. The SMILES string of the molecule is COc1ccc(OC)c(NC(=O)c2ccc(I)c(O)c2)c1. The molecule has 2 rings (SSSR count). The molecule has 0 heterocycles. The van der Waals surface area contributed by atoms with Crippen LogP contribution in [-0.2, 0) is 0 Å². The van der Waals surface area contributed by atoms with Gasteiger partial charge in [-0.25, -0.2) is 0 Å². The number of hydrogen-bond donors (Lipinski definition) is 2. The number of phenolic OH excluding ortho intramolecular Hbond substituents is 1. The number of hydrogen-bond acceptors (Lipinski definition) is 4. The van der Waals surface area contributed by atoms with Crippen LogP contribution in [0.25, 0.3) is 0 Å². The van der Waals surface area contributed by atoms with Gasteiger partial charge in [0.1, 0.15) is 17.2 Å². The predicted octanol–water partition coefficient (Wildman–Crippen LogP) is 3.27. The molecule has 0 bridgehead atoms. The van der Waals surface area contributed by atoms with E-state index in [-0.39, 0.29) is 11.7 Å². The van der Waals surface area contributed by atoms with E-state index in [4.69, 9.17) is 9.47 Å². The summed E-state index contributed by atoms with van der Waals surface area (Å²) in [6, 6.07) is 9.86. The topological polar surface area (TPSA) is 67.8 Å². The lowest BCUT2D eigenvalue weighted by atomic mass is 10.2. The molecule has 110 valence electrons. The van der Waals surface area contributed by atoms with Crippen molar-refractivity contribution in [3.05, 3.63) is 45.5 Å². The minimum Gasteiger partial charge on any atom is -0.507 e. The zero-order valence-corrected chi connectivity index (χ0v) is 13.7. The highest BCUT2D eigenvalue weighted by atomic mass is 127. The molecule has 0 atom stereocenters. The lowest BCUT2D eigenvalue weighted by Crippen LogP contribution is -2.12. The summed E-state index contributed by atoms with van der Waals surface area (Å²) in [5.41, 5.74) is 0.859. The van der Waals surface area contributed by atoms with Gasteiger partial charge in [0.25, 0.3) is 5.91 Å². The van der Waals surface area contributed by atoms with Crippen molar-refractivity contribution in [2.45, 2.75) is 0 Å². The first-order valence-electron chi connectivity index (χ1n) is 6.07. The molecule has 6 heteroatoms. The number of nitrogens with one attached hydrogen (secondary N) is 1. The van der Waals surface area contributed by atoms with Crippen LogP contribution in [0.15, 0.2) is 36.4 Å². The van der Waals surface area contributed by atoms with Gasteiger partial charge in [0.15, 0.2) is 0 Å². The average molecular weight is 399 g/mol. The Hall–Kier alpha value is -1.96. The van der Waals surface area contributed by atoms with E-state index in [0.29, 0.717) is 26.3 Å². The van der Waals surface area contributed by atoms with E-state index < -0.39 is 0 Å². The van der Waals surface area contributed by atoms with Crippen molar-refractivity contribution in [2.75, 3.05) is 19.5 Å². The van der Waals surface area contributed by atoms with Gasteiger partial charge >= 0.3 is 0 Å². The van der Waals surface area contributed by atoms with Crippen molar-refractivity contribution >= 4 is 34.2 Å². The summed E-state index contributed by atoms with van der Waals surface area (Å²) in [6.07, 6.45) is 0. The summed E-state index contributed by atoms with van der Waals surface area (Å²) in [7, 11) is 3.07. The third-order valence-corrected chi connectivity index (χ3v) is 3.78. The van der Waals surface area contributed by atoms with Gasteiger partial charge in [0.2, 0.25) is 0 Å². The van der Waals surface area contributed by atoms with Gasteiger partial charge in [-0.05, 0) is 52.9 Å². The van der Waals surface area contributed by atoms with Crippen molar-refractivity contribution in [1.29, 1.82) is 0 Å². The maximum atomic E-state index is 12.2. The van der Waals surface area contributed by atoms with Gasteiger partial charge < -0.3 is 19.9 Å². The van der Waals surface area contributed by atoms with E-state index in [9.17, 15) is 9.90 Å². The molecule has 0 radical (unpaired) electrons. The molecule has 0 aromatic heterocycles. The van der Waals surface area contributed by atoms with Crippen molar-refractivity contribution in [1.82, 2.24) is 0 Å². The third kappa shape index (κ3) is 3.57. The van der Waals surface area contributed by atoms with E-state index in [2.05, 4.69) is 5.32 Å². The first-order valence-corrected chi connectivity index (χ1v) is 7.15. The van der Waals surface area contributed by atoms with Crippen LogP contribution in [0, 0.1) is 3.57 Å². The standard InChI is InChI=1S/C15H14INO4/c1-20-10-4-6-14(21-2)12(8-10)17-15(19)9-3-5-11(16)13(18)7-9/h3-8,18H,1-2H3,(H,17,19). The van der Waals surface area contributed by atoms with Gasteiger partial charge in [0, 0.05) is 11.6 Å². The van der Waals surface area contributed by atoms with Crippen LogP contribution < -0.4 is 14.8 Å². The van der Waals surface area contributed by atoms with Crippen molar-refractivity contribution in [3.8, 4) is 17.2 Å². The summed E-state index contributed by atoms with van der Waals surface area (Å²) in [4.78, 5) is 12.2. The molecule has 2 N–H and O–H groups in total. The van der Waals surface area contributed by atoms with E-state index in [1.54, 1.807) is 37.4 Å². The molecule has 5 nitrogen and oxygen atoms in total. The second-order valence-electron chi connectivity index (χ2n) is 4.19. The van der Waals surface area contributed by atoms with E-state index in [0.717, 1.165) is 0 Å². The Morgan fingerprint density at radius 2 is 1.90 bits per heavy atom. The number of methoxy groups -OCH3 is 2. The fourth-order valence-electron chi connectivity index (χ4n) is 1.76. The van der Waals surface area contributed by atoms with Crippen LogP contribution in [0.3, 0.4) is 0 Å². The van der Waals surface area contributed by atoms with Crippen LogP contribution >= 0.6 is 22.6 Å². The minimum absolute atomic E-state index is 0.0702. The number of amides is 1. The van der Waals surface area contributed by atoms with E-state index in [1.807, 2.05) is 22.6 Å². The maximum absolute atomic E-state index is 12.2. The monoisotopic (exact) mass is 399 g/mol. The van der Waals surface area contributed by atoms with Crippen LogP contribution in [0.2, 0.25) is 0 Å². The summed E-state index contributed by atoms with van der Waals surface area (Å²) in [6.45, 7) is 0. The Morgan fingerprint density at radius 3 is 2.52 bits per heavy atom. The number of carbonyl (C=O) groups is 1. The number of rotatable bonds is 4. The Labute approximate surface area is 136 Å². The average Bonchev–Trinajstić information content (AvgIpc) is 2.49. The first-order chi connectivity index (χ1) is 10.0. The summed E-state index contributed by atoms with van der Waals surface area (Å²) >= 11 is 1.99. The zero-order chi connectivity index (χ0) is 15.4. The minimum atomic E-state index is -0.340. The number of benzene rings is 2. The van der Waals surface area contributed by atoms with Gasteiger partial charge in [-0.3, -0.25) is 4.79 Å². The van der Waals surface area contributed by atoms with Crippen LogP contribution in [0.4, 0.5) is 5.69 Å². The molecule has 21 heavy (non-hydrogen) atoms. The lowest BCUT2D eigenvalue weighted by Gasteiger charge is -2.12. The van der Waals surface area contributed by atoms with Crippen LogP contribution in [0.5, 0.6) is 17.2 Å². The summed E-state index contributed by atoms with van der Waals surface area (Å²) < 4.78 is 11.0. The highest BCUT2D eigenvalue weighted by molar-refractivity contribution is 14.1. The first kappa shape index (κ1) is 15.4. The molecular formula is C15H14INO4. The van der Waals surface area contributed by atoms with Crippen molar-refractivity contribution in [2.24, 2.45) is 0 Å². The van der Waals surface area contributed by atoms with Gasteiger partial charge in [-0.2, -0.15) is 0 Å². The molecule has 0 unspecified atom stereocenters. The predicted molar refractivity (Wildman–Crippen MR) is 88.3 cm³/mol. The molecule has 2 aromatic rings. The third-order valence-electron chi connectivity index (χ3n) is 2.86. The fraction of sp³-hybridized carbons (Fsp3) is 0.133. The molecule has 2 aromatic carbocycles. The van der Waals surface area contributed by atoms with Gasteiger partial charge in [-0.1, -0.05) is 0 Å². The molecule has 0 aliphatic rings. The van der Waals surface area contributed by atoms with Crippen LogP contribution in [0.1, 0.15) is 10.4 Å². The number of phenols is 1. The second kappa shape index (κ2) is 6.66. The number of halogens is 1. The van der Waals surface area contributed by atoms with Gasteiger partial charge in [0.05, 0.1) is 23.5 Å². The Morgan fingerprint density at radius 1 is 1.14 bits per heavy atom. The molecule has 0 saturated heterocycles. The van der Waals surface area contributed by atoms with Crippen LogP contribution in [-0.4, -0.2) is 25.2 Å². The molecule has 0 spiro atoms. The Balaban J connectivity index is 2.28. The quantitative estimate of drug-likeness (QED) is 0.775. The maximum Gasteiger partial charge on any atom is 0.255 e. The highest BCUT2D eigenvalue weighted by Gasteiger charge is 2.12.